The predicted octanol–water partition coefficient (Wildman–Crippen LogP) is 9.12. The quantitative estimate of drug-likeness (QED) is 0.0597. The smallest absolute Gasteiger partial charge is 0.293 e. The Hall–Kier alpha value is -4.92. The zero-order chi connectivity index (χ0) is 42.3. The summed E-state index contributed by atoms with van der Waals surface area (Å²) in [7, 11) is -4.44. The minimum absolute atomic E-state index is 0.112. The number of hydrogen-bond donors (Lipinski definition) is 2. The van der Waals surface area contributed by atoms with Gasteiger partial charge in [0, 0.05) is 77.8 Å². The lowest BCUT2D eigenvalue weighted by Gasteiger charge is -2.46. The number of nitro benzene ring substituents is 1. The van der Waals surface area contributed by atoms with E-state index in [-0.39, 0.29) is 27.9 Å². The Kier molecular flexibility index (Phi) is 13.6. The average molecular weight is 880 g/mol. The van der Waals surface area contributed by atoms with Crippen molar-refractivity contribution >= 4 is 56.4 Å². The van der Waals surface area contributed by atoms with Gasteiger partial charge in [-0.1, -0.05) is 72.6 Å². The molecule has 2 atom stereocenters. The van der Waals surface area contributed by atoms with Crippen LogP contribution in [0.5, 0.6) is 0 Å². The summed E-state index contributed by atoms with van der Waals surface area (Å²) in [6, 6.07) is 35.8. The molecule has 0 aromatic heterocycles. The van der Waals surface area contributed by atoms with E-state index < -0.39 is 20.9 Å². The molecule has 2 saturated heterocycles. The number of carbonyl (C=O) groups excluding carboxylic acids is 1. The van der Waals surface area contributed by atoms with Crippen LogP contribution in [0.15, 0.2) is 125 Å². The van der Waals surface area contributed by atoms with E-state index >= 15 is 0 Å². The fourth-order valence-electron chi connectivity index (χ4n) is 8.81. The van der Waals surface area contributed by atoms with E-state index in [0.29, 0.717) is 16.8 Å². The SMILES string of the molecule is O=C(NS(=O)(=O)c1ccc(N[C@@H](CCN2CCCCC2)CSc2ccccc2)c([N+](=O)[O-])c1)c1ccc2c(c1)CC[C@H]1CN(Cc3ccccc3-c3ccc(Cl)cc3)CCN21. The molecule has 14 heteroatoms. The first kappa shape index (κ1) is 42.8. The molecule has 5 aromatic carbocycles. The van der Waals surface area contributed by atoms with Gasteiger partial charge in [0.2, 0.25) is 0 Å². The number of piperazine rings is 1. The van der Waals surface area contributed by atoms with Crippen molar-refractivity contribution in [3.63, 3.8) is 0 Å². The summed E-state index contributed by atoms with van der Waals surface area (Å²) >= 11 is 7.83. The second-order valence-corrected chi connectivity index (χ2v) is 19.4. The number of piperidine rings is 1. The van der Waals surface area contributed by atoms with Crippen molar-refractivity contribution in [3.05, 3.63) is 147 Å². The number of aryl methyl sites for hydroxylation is 1. The van der Waals surface area contributed by atoms with E-state index in [2.05, 4.69) is 61.1 Å². The number of nitrogens with one attached hydrogen (secondary N) is 2. The Morgan fingerprint density at radius 3 is 2.43 bits per heavy atom. The largest absolute Gasteiger partial charge is 0.376 e. The molecule has 3 aliphatic heterocycles. The van der Waals surface area contributed by atoms with Gasteiger partial charge in [-0.15, -0.1) is 11.8 Å². The molecule has 3 heterocycles. The van der Waals surface area contributed by atoms with Crippen LogP contribution >= 0.6 is 23.4 Å². The number of nitrogens with zero attached hydrogens (tertiary/aromatic N) is 4. The molecule has 0 bridgehead atoms. The number of likely N-dealkylation sites (tertiary alicyclic amines) is 1. The molecular weight excluding hydrogens is 828 g/mol. The highest BCUT2D eigenvalue weighted by atomic mass is 35.5. The molecule has 11 nitrogen and oxygen atoms in total. The van der Waals surface area contributed by atoms with Crippen LogP contribution in [-0.4, -0.2) is 86.2 Å². The molecule has 0 radical (unpaired) electrons. The minimum Gasteiger partial charge on any atom is -0.376 e. The third-order valence-electron chi connectivity index (χ3n) is 12.0. The van der Waals surface area contributed by atoms with Crippen LogP contribution in [0.1, 0.15) is 53.6 Å². The first-order chi connectivity index (χ1) is 29.6. The Balaban J connectivity index is 0.914. The Bertz CT molecular complexity index is 2450. The lowest BCUT2D eigenvalue weighted by molar-refractivity contribution is -0.384. The number of halogens is 1. The van der Waals surface area contributed by atoms with Crippen LogP contribution < -0.4 is 14.9 Å². The average Bonchev–Trinajstić information content (AvgIpc) is 3.28. The lowest BCUT2D eigenvalue weighted by Crippen LogP contribution is -2.54. The van der Waals surface area contributed by atoms with Crippen molar-refractivity contribution in [1.29, 1.82) is 0 Å². The van der Waals surface area contributed by atoms with Crippen molar-refractivity contribution < 1.29 is 18.1 Å². The van der Waals surface area contributed by atoms with Gasteiger partial charge in [-0.3, -0.25) is 19.8 Å². The van der Waals surface area contributed by atoms with E-state index in [4.69, 9.17) is 11.6 Å². The number of fused-ring (bicyclic) bond motifs is 3. The summed E-state index contributed by atoms with van der Waals surface area (Å²) in [5.41, 5.74) is 5.76. The number of nitro groups is 1. The summed E-state index contributed by atoms with van der Waals surface area (Å²) < 4.78 is 29.4. The Morgan fingerprint density at radius 2 is 1.64 bits per heavy atom. The lowest BCUT2D eigenvalue weighted by atomic mass is 9.92. The van der Waals surface area contributed by atoms with Gasteiger partial charge in [0.15, 0.2) is 0 Å². The van der Waals surface area contributed by atoms with E-state index in [9.17, 15) is 23.3 Å². The van der Waals surface area contributed by atoms with Crippen LogP contribution in [0.2, 0.25) is 5.02 Å². The Labute approximate surface area is 367 Å². The highest BCUT2D eigenvalue weighted by Crippen LogP contribution is 2.35. The molecule has 5 aromatic rings. The van der Waals surface area contributed by atoms with Crippen LogP contribution in [-0.2, 0) is 23.0 Å². The number of thioether (sulfide) groups is 1. The maximum Gasteiger partial charge on any atom is 0.293 e. The van der Waals surface area contributed by atoms with Crippen LogP contribution in [0.4, 0.5) is 17.1 Å². The van der Waals surface area contributed by atoms with Gasteiger partial charge < -0.3 is 15.1 Å². The molecule has 0 spiro atoms. The van der Waals surface area contributed by atoms with Crippen LogP contribution in [0.25, 0.3) is 11.1 Å². The molecule has 2 N–H and O–H groups in total. The third-order valence-corrected chi connectivity index (χ3v) is 14.8. The fraction of sp³-hybridized carbons (Fsp3) is 0.340. The van der Waals surface area contributed by atoms with Crippen LogP contribution in [0.3, 0.4) is 0 Å². The van der Waals surface area contributed by atoms with Gasteiger partial charge in [0.1, 0.15) is 5.69 Å². The van der Waals surface area contributed by atoms with Crippen LogP contribution in [0, 0.1) is 10.1 Å². The van der Waals surface area contributed by atoms with Gasteiger partial charge in [0.25, 0.3) is 21.6 Å². The highest BCUT2D eigenvalue weighted by Gasteiger charge is 2.33. The number of hydrogen-bond acceptors (Lipinski definition) is 10. The zero-order valence-electron chi connectivity index (χ0n) is 34.0. The predicted molar refractivity (Wildman–Crippen MR) is 245 cm³/mol. The van der Waals surface area contributed by atoms with Crippen molar-refractivity contribution in [2.24, 2.45) is 0 Å². The fourth-order valence-corrected chi connectivity index (χ4v) is 10.9. The second kappa shape index (κ2) is 19.4. The van der Waals surface area contributed by atoms with E-state index in [1.807, 2.05) is 48.5 Å². The monoisotopic (exact) mass is 878 g/mol. The molecule has 0 unspecified atom stereocenters. The summed E-state index contributed by atoms with van der Waals surface area (Å²) in [5.74, 6) is -0.112. The van der Waals surface area contributed by atoms with Gasteiger partial charge in [-0.2, -0.15) is 0 Å². The summed E-state index contributed by atoms with van der Waals surface area (Å²) in [6.07, 6.45) is 6.00. The first-order valence-electron chi connectivity index (χ1n) is 21.1. The maximum absolute atomic E-state index is 13.6. The number of benzene rings is 5. The topological polar surface area (TPSA) is 128 Å². The molecule has 0 aliphatic carbocycles. The zero-order valence-corrected chi connectivity index (χ0v) is 36.4. The summed E-state index contributed by atoms with van der Waals surface area (Å²) in [6.45, 7) is 6.39. The van der Waals surface area contributed by atoms with Crippen molar-refractivity contribution in [3.8, 4) is 11.1 Å². The van der Waals surface area contributed by atoms with Crippen molar-refractivity contribution in [2.45, 2.75) is 66.9 Å². The number of amides is 1. The minimum atomic E-state index is -4.44. The summed E-state index contributed by atoms with van der Waals surface area (Å²) in [4.78, 5) is 33.4. The molecule has 8 rings (SSSR count). The summed E-state index contributed by atoms with van der Waals surface area (Å²) in [5, 5.41) is 16.5. The van der Waals surface area contributed by atoms with E-state index in [1.54, 1.807) is 23.9 Å². The molecule has 0 saturated carbocycles. The van der Waals surface area contributed by atoms with Gasteiger partial charge >= 0.3 is 0 Å². The molecular formula is C47H51ClN6O5S2. The molecule has 3 aliphatic rings. The molecule has 61 heavy (non-hydrogen) atoms. The second-order valence-electron chi connectivity index (χ2n) is 16.2. The van der Waals surface area contributed by atoms with Gasteiger partial charge in [0.05, 0.1) is 9.82 Å². The molecule has 318 valence electrons. The van der Waals surface area contributed by atoms with Gasteiger partial charge in [-0.25, -0.2) is 13.1 Å². The standard InChI is InChI=1S/C47H51ClN6O5S2/c48-38-17-13-34(14-18-38)43-12-6-5-9-37(43)31-52-27-28-53-40(32-52)19-15-35-29-36(16-22-45(35)53)47(55)50-61(58,59)42-20-21-44(46(30-42)54(56)57)49-39(23-26-51-24-7-2-8-25-51)33-60-41-10-3-1-4-11-41/h1,3-6,9-14,16-18,20-22,29-30,39-40,49H,2,7-8,15,19,23-28,31-33H2,(H,50,55)/t39-,40-/m0/s1. The number of carbonyl (C=O) groups is 1. The first-order valence-corrected chi connectivity index (χ1v) is 23.9. The number of sulfonamides is 1. The third kappa shape index (κ3) is 10.6. The normalized spacial score (nSPS) is 17.5. The molecule has 1 amide bonds. The van der Waals surface area contributed by atoms with E-state index in [1.165, 1.54) is 42.5 Å². The molecule has 2 fully saturated rings. The van der Waals surface area contributed by atoms with Gasteiger partial charge in [-0.05, 0) is 122 Å². The van der Waals surface area contributed by atoms with Crippen molar-refractivity contribution in [2.75, 3.05) is 55.2 Å². The highest BCUT2D eigenvalue weighted by molar-refractivity contribution is 7.99. The number of rotatable bonds is 15. The number of anilines is 2. The van der Waals surface area contributed by atoms with Crippen molar-refractivity contribution in [1.82, 2.24) is 14.5 Å². The van der Waals surface area contributed by atoms with E-state index in [0.717, 1.165) is 92.9 Å². The Morgan fingerprint density at radius 1 is 0.869 bits per heavy atom. The maximum atomic E-state index is 13.6.